The summed E-state index contributed by atoms with van der Waals surface area (Å²) < 4.78 is 12.4. The second kappa shape index (κ2) is 9.54. The van der Waals surface area contributed by atoms with E-state index in [4.69, 9.17) is 9.47 Å². The van der Waals surface area contributed by atoms with Gasteiger partial charge in [-0.25, -0.2) is 4.98 Å². The highest BCUT2D eigenvalue weighted by molar-refractivity contribution is 7.19. The summed E-state index contributed by atoms with van der Waals surface area (Å²) >= 11 is 1.50. The van der Waals surface area contributed by atoms with Crippen LogP contribution in [0.2, 0.25) is 0 Å². The highest BCUT2D eigenvalue weighted by Gasteiger charge is 2.32. The van der Waals surface area contributed by atoms with Crippen LogP contribution in [-0.4, -0.2) is 41.1 Å². The summed E-state index contributed by atoms with van der Waals surface area (Å²) in [5, 5.41) is 0.571. The molecule has 0 saturated carbocycles. The summed E-state index contributed by atoms with van der Waals surface area (Å²) in [6.45, 7) is 2.56. The number of hydrogen-bond donors (Lipinski definition) is 0. The topological polar surface area (TPSA) is 73.7 Å². The molecule has 180 valence electrons. The zero-order valence-electron chi connectivity index (χ0n) is 20.0. The van der Waals surface area contributed by atoms with Gasteiger partial charge < -0.3 is 14.4 Å². The second-order valence-electron chi connectivity index (χ2n) is 8.61. The SMILES string of the molecule is COc1ccc(OC)c([C@@H]2CCCN2C(=O)Cn2cnc3sc(C)c(-c4ccccc4)c3c2=O)c1. The van der Waals surface area contributed by atoms with Crippen LogP contribution in [0.15, 0.2) is 59.7 Å². The average molecular weight is 490 g/mol. The average Bonchev–Trinajstić information content (AvgIpc) is 3.50. The van der Waals surface area contributed by atoms with Gasteiger partial charge in [0.1, 0.15) is 22.9 Å². The van der Waals surface area contributed by atoms with Gasteiger partial charge in [0.05, 0.1) is 32.0 Å². The molecule has 4 aromatic rings. The standard InChI is InChI=1S/C27H27N3O4S/c1-17-24(18-8-5-4-6-9-18)25-26(35-17)28-16-29(27(25)32)15-23(31)30-13-7-10-21(30)20-14-19(33-2)11-12-22(20)34-3/h4-6,8-9,11-12,14,16,21H,7,10,13,15H2,1-3H3/t21-/m0/s1. The molecule has 1 atom stereocenters. The molecule has 5 rings (SSSR count). The molecule has 0 radical (unpaired) electrons. The van der Waals surface area contributed by atoms with Crippen LogP contribution in [0.4, 0.5) is 0 Å². The van der Waals surface area contributed by atoms with Gasteiger partial charge in [0.2, 0.25) is 5.91 Å². The number of aromatic nitrogens is 2. The van der Waals surface area contributed by atoms with Gasteiger partial charge in [-0.1, -0.05) is 30.3 Å². The van der Waals surface area contributed by atoms with E-state index >= 15 is 0 Å². The van der Waals surface area contributed by atoms with Gasteiger partial charge in [-0.05, 0) is 43.5 Å². The van der Waals surface area contributed by atoms with E-state index in [2.05, 4.69) is 4.98 Å². The fourth-order valence-electron chi connectivity index (χ4n) is 4.93. The number of carbonyl (C=O) groups is 1. The summed E-state index contributed by atoms with van der Waals surface area (Å²) in [5.74, 6) is 1.32. The van der Waals surface area contributed by atoms with E-state index in [1.54, 1.807) is 14.2 Å². The van der Waals surface area contributed by atoms with Gasteiger partial charge in [0.25, 0.3) is 5.56 Å². The number of ether oxygens (including phenoxy) is 2. The fraction of sp³-hybridized carbons (Fsp3) is 0.296. The Labute approximate surface area is 207 Å². The quantitative estimate of drug-likeness (QED) is 0.388. The third-order valence-corrected chi connectivity index (χ3v) is 7.61. The van der Waals surface area contributed by atoms with E-state index in [-0.39, 0.29) is 24.1 Å². The molecule has 1 aliphatic heterocycles. The van der Waals surface area contributed by atoms with Crippen molar-refractivity contribution in [1.29, 1.82) is 0 Å². The summed E-state index contributed by atoms with van der Waals surface area (Å²) in [5.41, 5.74) is 2.59. The Morgan fingerprint density at radius 3 is 2.69 bits per heavy atom. The number of nitrogens with zero attached hydrogens (tertiary/aromatic N) is 3. The predicted octanol–water partition coefficient (Wildman–Crippen LogP) is 4.81. The third-order valence-electron chi connectivity index (χ3n) is 6.59. The number of aryl methyl sites for hydroxylation is 1. The number of likely N-dealkylation sites (tertiary alicyclic amines) is 1. The van der Waals surface area contributed by atoms with Crippen molar-refractivity contribution in [3.63, 3.8) is 0 Å². The predicted molar refractivity (Wildman–Crippen MR) is 137 cm³/mol. The number of amides is 1. The van der Waals surface area contributed by atoms with Crippen molar-refractivity contribution in [3.05, 3.63) is 75.7 Å². The van der Waals surface area contributed by atoms with E-state index in [9.17, 15) is 9.59 Å². The van der Waals surface area contributed by atoms with E-state index in [0.717, 1.165) is 40.2 Å². The molecule has 35 heavy (non-hydrogen) atoms. The van der Waals surface area contributed by atoms with Gasteiger partial charge >= 0.3 is 0 Å². The molecule has 1 fully saturated rings. The Morgan fingerprint density at radius 2 is 1.94 bits per heavy atom. The Bertz CT molecular complexity index is 1440. The van der Waals surface area contributed by atoms with Crippen molar-refractivity contribution >= 4 is 27.5 Å². The smallest absolute Gasteiger partial charge is 0.263 e. The first-order chi connectivity index (χ1) is 17.0. The molecule has 7 nitrogen and oxygen atoms in total. The molecular weight excluding hydrogens is 462 g/mol. The zero-order valence-corrected chi connectivity index (χ0v) is 20.8. The van der Waals surface area contributed by atoms with E-state index in [1.165, 1.54) is 22.2 Å². The molecule has 1 saturated heterocycles. The zero-order chi connectivity index (χ0) is 24.5. The van der Waals surface area contributed by atoms with E-state index in [0.29, 0.717) is 22.5 Å². The number of benzene rings is 2. The minimum Gasteiger partial charge on any atom is -0.497 e. The first kappa shape index (κ1) is 23.1. The first-order valence-corrected chi connectivity index (χ1v) is 12.4. The van der Waals surface area contributed by atoms with Crippen LogP contribution in [0.3, 0.4) is 0 Å². The minimum absolute atomic E-state index is 0.0618. The van der Waals surface area contributed by atoms with Crippen LogP contribution in [-0.2, 0) is 11.3 Å². The van der Waals surface area contributed by atoms with Crippen molar-refractivity contribution in [2.75, 3.05) is 20.8 Å². The molecule has 3 heterocycles. The highest BCUT2D eigenvalue weighted by Crippen LogP contribution is 2.39. The number of carbonyl (C=O) groups excluding carboxylic acids is 1. The molecular formula is C27H27N3O4S. The molecule has 0 N–H and O–H groups in total. The van der Waals surface area contributed by atoms with E-state index in [1.807, 2.05) is 60.4 Å². The lowest BCUT2D eigenvalue weighted by Gasteiger charge is -2.27. The Kier molecular flexibility index (Phi) is 6.30. The lowest BCUT2D eigenvalue weighted by Crippen LogP contribution is -2.36. The fourth-order valence-corrected chi connectivity index (χ4v) is 5.93. The van der Waals surface area contributed by atoms with Crippen LogP contribution >= 0.6 is 11.3 Å². The first-order valence-electron chi connectivity index (χ1n) is 11.6. The molecule has 0 spiro atoms. The largest absolute Gasteiger partial charge is 0.497 e. The van der Waals surface area contributed by atoms with Crippen molar-refractivity contribution in [2.45, 2.75) is 32.4 Å². The molecule has 8 heteroatoms. The van der Waals surface area contributed by atoms with E-state index < -0.39 is 0 Å². The van der Waals surface area contributed by atoms with Gasteiger partial charge in [-0.2, -0.15) is 0 Å². The number of hydrogen-bond acceptors (Lipinski definition) is 6. The van der Waals surface area contributed by atoms with Gasteiger partial charge in [0, 0.05) is 22.5 Å². The van der Waals surface area contributed by atoms with Crippen LogP contribution in [0.1, 0.15) is 29.3 Å². The van der Waals surface area contributed by atoms with Crippen LogP contribution in [0.25, 0.3) is 21.3 Å². The molecule has 0 unspecified atom stereocenters. The normalized spacial score (nSPS) is 15.5. The number of thiophene rings is 1. The summed E-state index contributed by atoms with van der Waals surface area (Å²) in [4.78, 5) is 35.1. The minimum atomic E-state index is -0.193. The van der Waals surface area contributed by atoms with Gasteiger partial charge in [-0.3, -0.25) is 14.2 Å². The Morgan fingerprint density at radius 1 is 1.14 bits per heavy atom. The van der Waals surface area contributed by atoms with Crippen molar-refractivity contribution in [1.82, 2.24) is 14.5 Å². The molecule has 0 bridgehead atoms. The monoisotopic (exact) mass is 489 g/mol. The summed E-state index contributed by atoms with van der Waals surface area (Å²) in [6.07, 6.45) is 3.19. The highest BCUT2D eigenvalue weighted by atomic mass is 32.1. The lowest BCUT2D eigenvalue weighted by molar-refractivity contribution is -0.132. The van der Waals surface area contributed by atoms with Gasteiger partial charge in [-0.15, -0.1) is 11.3 Å². The second-order valence-corrected chi connectivity index (χ2v) is 9.81. The summed E-state index contributed by atoms with van der Waals surface area (Å²) in [6, 6.07) is 15.3. The van der Waals surface area contributed by atoms with Crippen LogP contribution < -0.4 is 15.0 Å². The van der Waals surface area contributed by atoms with Crippen molar-refractivity contribution in [2.24, 2.45) is 0 Å². The molecule has 2 aromatic carbocycles. The Hall–Kier alpha value is -3.65. The lowest BCUT2D eigenvalue weighted by atomic mass is 10.0. The molecule has 0 aliphatic carbocycles. The number of methoxy groups -OCH3 is 2. The van der Waals surface area contributed by atoms with Crippen LogP contribution in [0.5, 0.6) is 11.5 Å². The van der Waals surface area contributed by atoms with Crippen molar-refractivity contribution in [3.8, 4) is 22.6 Å². The maximum Gasteiger partial charge on any atom is 0.263 e. The Balaban J connectivity index is 1.48. The molecule has 1 aliphatic rings. The number of fused-ring (bicyclic) bond motifs is 1. The number of rotatable bonds is 6. The maximum absolute atomic E-state index is 13.5. The van der Waals surface area contributed by atoms with Crippen molar-refractivity contribution < 1.29 is 14.3 Å². The molecule has 2 aromatic heterocycles. The van der Waals surface area contributed by atoms with Crippen LogP contribution in [0, 0.1) is 6.92 Å². The molecule has 1 amide bonds. The van der Waals surface area contributed by atoms with Gasteiger partial charge in [0.15, 0.2) is 0 Å². The maximum atomic E-state index is 13.5. The third kappa shape index (κ3) is 4.18. The summed E-state index contributed by atoms with van der Waals surface area (Å²) in [7, 11) is 3.24.